The molecule has 4 rings (SSSR count). The summed E-state index contributed by atoms with van der Waals surface area (Å²) >= 11 is 0. The number of fused-ring (bicyclic) bond motifs is 2. The Balaban J connectivity index is 1.91. The number of carbonyl (C=O) groups is 1. The van der Waals surface area contributed by atoms with Crippen LogP contribution in [0.15, 0.2) is 54.6 Å². The Morgan fingerprint density at radius 3 is 2.67 bits per heavy atom. The average molecular weight is 274 g/mol. The zero-order valence-electron chi connectivity index (χ0n) is 11.6. The highest BCUT2D eigenvalue weighted by Gasteiger charge is 2.23. The fourth-order valence-corrected chi connectivity index (χ4v) is 2.88. The number of hydrogen-bond donors (Lipinski definition) is 1. The van der Waals surface area contributed by atoms with Crippen LogP contribution in [0.3, 0.4) is 0 Å². The lowest BCUT2D eigenvalue weighted by Gasteiger charge is -2.01. The van der Waals surface area contributed by atoms with Crippen molar-refractivity contribution < 1.29 is 4.79 Å². The molecular formula is C18H14N2O. The van der Waals surface area contributed by atoms with Crippen molar-refractivity contribution in [1.29, 1.82) is 0 Å². The van der Waals surface area contributed by atoms with E-state index in [4.69, 9.17) is 0 Å². The minimum Gasteiger partial charge on any atom is -0.344 e. The smallest absolute Gasteiger partial charge is 0.256 e. The first-order valence-electron chi connectivity index (χ1n) is 6.91. The van der Waals surface area contributed by atoms with E-state index in [2.05, 4.69) is 28.1 Å². The number of nitrogens with zero attached hydrogens (tertiary/aromatic N) is 1. The van der Waals surface area contributed by atoms with Crippen LogP contribution >= 0.6 is 0 Å². The largest absolute Gasteiger partial charge is 0.344 e. The molecule has 0 bridgehead atoms. The quantitative estimate of drug-likeness (QED) is 0.675. The van der Waals surface area contributed by atoms with Gasteiger partial charge in [0.15, 0.2) is 0 Å². The molecule has 2 heterocycles. The van der Waals surface area contributed by atoms with Gasteiger partial charge in [-0.15, -0.1) is 0 Å². The van der Waals surface area contributed by atoms with Crippen LogP contribution in [0.1, 0.15) is 11.3 Å². The number of benzene rings is 2. The van der Waals surface area contributed by atoms with Gasteiger partial charge in [0, 0.05) is 34.9 Å². The number of para-hydroxylation sites is 2. The van der Waals surface area contributed by atoms with Crippen LogP contribution < -0.4 is 5.32 Å². The van der Waals surface area contributed by atoms with Gasteiger partial charge in [-0.2, -0.15) is 0 Å². The summed E-state index contributed by atoms with van der Waals surface area (Å²) < 4.78 is 2.11. The lowest BCUT2D eigenvalue weighted by molar-refractivity contribution is -0.110. The molecule has 2 aromatic carbocycles. The molecule has 0 radical (unpaired) electrons. The first-order valence-corrected chi connectivity index (χ1v) is 6.91. The SMILES string of the molecule is Cn1c(/C=C2\C(=O)Nc3ccccc32)cc2ccccc21. The highest BCUT2D eigenvalue weighted by Crippen LogP contribution is 2.33. The van der Waals surface area contributed by atoms with Crippen molar-refractivity contribution in [3.8, 4) is 0 Å². The fraction of sp³-hybridized carbons (Fsp3) is 0.0556. The standard InChI is InChI=1S/C18H14N2O/c1-20-13(10-12-6-2-5-9-17(12)20)11-15-14-7-3-4-8-16(14)19-18(15)21/h2-11H,1H3,(H,19,21)/b15-11-. The van der Waals surface area contributed by atoms with Gasteiger partial charge in [-0.3, -0.25) is 4.79 Å². The van der Waals surface area contributed by atoms with Gasteiger partial charge in [-0.05, 0) is 24.3 Å². The van der Waals surface area contributed by atoms with Gasteiger partial charge < -0.3 is 9.88 Å². The van der Waals surface area contributed by atoms with Crippen molar-refractivity contribution in [2.75, 3.05) is 5.32 Å². The number of amides is 1. The van der Waals surface area contributed by atoms with Crippen molar-refractivity contribution in [2.24, 2.45) is 7.05 Å². The minimum atomic E-state index is -0.0403. The van der Waals surface area contributed by atoms with Crippen LogP contribution in [0.2, 0.25) is 0 Å². The predicted octanol–water partition coefficient (Wildman–Crippen LogP) is 3.67. The molecule has 0 spiro atoms. The molecule has 0 saturated heterocycles. The highest BCUT2D eigenvalue weighted by atomic mass is 16.2. The molecule has 3 heteroatoms. The fourth-order valence-electron chi connectivity index (χ4n) is 2.88. The molecule has 1 aliphatic heterocycles. The molecular weight excluding hydrogens is 260 g/mol. The van der Waals surface area contributed by atoms with E-state index in [1.54, 1.807) is 0 Å². The van der Waals surface area contributed by atoms with Crippen LogP contribution in [0.25, 0.3) is 22.6 Å². The average Bonchev–Trinajstić information content (AvgIpc) is 2.99. The van der Waals surface area contributed by atoms with Gasteiger partial charge in [-0.1, -0.05) is 36.4 Å². The Morgan fingerprint density at radius 2 is 1.81 bits per heavy atom. The summed E-state index contributed by atoms with van der Waals surface area (Å²) in [5.74, 6) is -0.0403. The second-order valence-corrected chi connectivity index (χ2v) is 5.24. The van der Waals surface area contributed by atoms with Gasteiger partial charge in [0.2, 0.25) is 0 Å². The third-order valence-corrected chi connectivity index (χ3v) is 3.99. The molecule has 1 aliphatic rings. The molecule has 0 atom stereocenters. The Bertz CT molecular complexity index is 902. The second kappa shape index (κ2) is 4.35. The van der Waals surface area contributed by atoms with Crippen molar-refractivity contribution in [3.63, 3.8) is 0 Å². The van der Waals surface area contributed by atoms with Crippen molar-refractivity contribution in [3.05, 3.63) is 65.9 Å². The zero-order chi connectivity index (χ0) is 14.4. The van der Waals surface area contributed by atoms with Crippen LogP contribution in [0.4, 0.5) is 5.69 Å². The van der Waals surface area contributed by atoms with E-state index in [0.717, 1.165) is 28.0 Å². The van der Waals surface area contributed by atoms with Crippen molar-refractivity contribution in [2.45, 2.75) is 0 Å². The van der Waals surface area contributed by atoms with E-state index in [9.17, 15) is 4.79 Å². The predicted molar refractivity (Wildman–Crippen MR) is 85.9 cm³/mol. The summed E-state index contributed by atoms with van der Waals surface area (Å²) in [6.45, 7) is 0. The molecule has 3 nitrogen and oxygen atoms in total. The van der Waals surface area contributed by atoms with Gasteiger partial charge in [0.25, 0.3) is 5.91 Å². The van der Waals surface area contributed by atoms with Crippen LogP contribution in [-0.2, 0) is 11.8 Å². The van der Waals surface area contributed by atoms with Gasteiger partial charge in [-0.25, -0.2) is 0 Å². The Kier molecular flexibility index (Phi) is 2.48. The van der Waals surface area contributed by atoms with Crippen LogP contribution in [0.5, 0.6) is 0 Å². The number of anilines is 1. The molecule has 0 aliphatic carbocycles. The lowest BCUT2D eigenvalue weighted by Crippen LogP contribution is -2.04. The normalized spacial score (nSPS) is 15.5. The first-order chi connectivity index (χ1) is 10.2. The number of carbonyl (C=O) groups excluding carboxylic acids is 1. The monoisotopic (exact) mass is 274 g/mol. The number of aryl methyl sites for hydroxylation is 1. The Hall–Kier alpha value is -2.81. The summed E-state index contributed by atoms with van der Waals surface area (Å²) in [6.07, 6.45) is 1.96. The molecule has 0 unspecified atom stereocenters. The third kappa shape index (κ3) is 1.78. The Morgan fingerprint density at radius 1 is 1.05 bits per heavy atom. The maximum atomic E-state index is 12.2. The van der Waals surface area contributed by atoms with Gasteiger partial charge >= 0.3 is 0 Å². The topological polar surface area (TPSA) is 34.0 Å². The summed E-state index contributed by atoms with van der Waals surface area (Å²) in [4.78, 5) is 12.2. The second-order valence-electron chi connectivity index (χ2n) is 5.24. The summed E-state index contributed by atoms with van der Waals surface area (Å²) in [7, 11) is 2.02. The molecule has 102 valence electrons. The number of nitrogens with one attached hydrogen (secondary N) is 1. The lowest BCUT2D eigenvalue weighted by atomic mass is 10.1. The van der Waals surface area contributed by atoms with Gasteiger partial charge in [0.05, 0.1) is 5.57 Å². The van der Waals surface area contributed by atoms with E-state index in [-0.39, 0.29) is 5.91 Å². The zero-order valence-corrected chi connectivity index (χ0v) is 11.6. The molecule has 1 N–H and O–H groups in total. The van der Waals surface area contributed by atoms with E-state index >= 15 is 0 Å². The first kappa shape index (κ1) is 12.0. The third-order valence-electron chi connectivity index (χ3n) is 3.99. The number of hydrogen-bond acceptors (Lipinski definition) is 1. The summed E-state index contributed by atoms with van der Waals surface area (Å²) in [5.41, 5.74) is 4.76. The molecule has 3 aromatic rings. The van der Waals surface area contributed by atoms with Crippen molar-refractivity contribution >= 4 is 34.1 Å². The molecule has 0 saturated carbocycles. The summed E-state index contributed by atoms with van der Waals surface area (Å²) in [6, 6.07) is 18.1. The molecule has 21 heavy (non-hydrogen) atoms. The molecule has 0 fully saturated rings. The summed E-state index contributed by atoms with van der Waals surface area (Å²) in [5, 5.41) is 4.08. The van der Waals surface area contributed by atoms with E-state index in [0.29, 0.717) is 0 Å². The highest BCUT2D eigenvalue weighted by molar-refractivity contribution is 6.34. The van der Waals surface area contributed by atoms with E-state index in [1.165, 1.54) is 5.39 Å². The van der Waals surface area contributed by atoms with Gasteiger partial charge in [0.1, 0.15) is 0 Å². The molecule has 1 aromatic heterocycles. The Labute approximate surface area is 122 Å². The minimum absolute atomic E-state index is 0.0403. The van der Waals surface area contributed by atoms with Crippen LogP contribution in [0, 0.1) is 0 Å². The molecule has 1 amide bonds. The van der Waals surface area contributed by atoms with Crippen molar-refractivity contribution in [1.82, 2.24) is 4.57 Å². The van der Waals surface area contributed by atoms with E-state index in [1.807, 2.05) is 49.5 Å². The maximum Gasteiger partial charge on any atom is 0.256 e. The number of rotatable bonds is 1. The van der Waals surface area contributed by atoms with Crippen LogP contribution in [-0.4, -0.2) is 10.5 Å². The number of aromatic nitrogens is 1. The maximum absolute atomic E-state index is 12.2. The van der Waals surface area contributed by atoms with E-state index < -0.39 is 0 Å².